The number of amides is 1. The summed E-state index contributed by atoms with van der Waals surface area (Å²) in [6.07, 6.45) is 1.99. The van der Waals surface area contributed by atoms with E-state index < -0.39 is 5.60 Å². The number of ketones is 1. The average Bonchev–Trinajstić information content (AvgIpc) is 2.75. The maximum absolute atomic E-state index is 12.9. The summed E-state index contributed by atoms with van der Waals surface area (Å²) in [5, 5.41) is 0. The number of fused-ring (bicyclic) bond motifs is 1. The quantitative estimate of drug-likeness (QED) is 0.747. The van der Waals surface area contributed by atoms with Crippen LogP contribution >= 0.6 is 0 Å². The van der Waals surface area contributed by atoms with Crippen LogP contribution in [0.3, 0.4) is 0 Å². The molecule has 2 aliphatic rings. The zero-order valence-corrected chi connectivity index (χ0v) is 18.6. The lowest BCUT2D eigenvalue weighted by molar-refractivity contribution is -0.134. The zero-order valence-electron chi connectivity index (χ0n) is 18.6. The molecule has 6 nitrogen and oxygen atoms in total. The van der Waals surface area contributed by atoms with E-state index in [-0.39, 0.29) is 11.7 Å². The van der Waals surface area contributed by atoms with E-state index in [1.54, 1.807) is 14.2 Å². The van der Waals surface area contributed by atoms with Crippen LogP contribution in [0.2, 0.25) is 0 Å². The van der Waals surface area contributed by atoms with Crippen LogP contribution in [0.15, 0.2) is 30.3 Å². The molecule has 0 unspecified atom stereocenters. The minimum Gasteiger partial charge on any atom is -0.493 e. The molecule has 2 aliphatic heterocycles. The second-order valence-corrected chi connectivity index (χ2v) is 8.56. The topological polar surface area (TPSA) is 65.1 Å². The van der Waals surface area contributed by atoms with Crippen LogP contribution in [0.25, 0.3) is 0 Å². The van der Waals surface area contributed by atoms with Crippen LogP contribution in [0.4, 0.5) is 0 Å². The molecular formula is C25H29NO5. The standard InChI is InChI=1S/C25H29NO5/c1-16-11-19-20(27)15-25(31-22(19)12-17(16)2)7-9-26(10-8-25)24(28)14-18-5-6-21(29-3)23(13-18)30-4/h5-6,11-13H,7-10,14-15H2,1-4H3. The highest BCUT2D eigenvalue weighted by molar-refractivity contribution is 6.00. The van der Waals surface area contributed by atoms with E-state index in [1.807, 2.05) is 49.1 Å². The van der Waals surface area contributed by atoms with Crippen LogP contribution in [-0.2, 0) is 11.2 Å². The van der Waals surface area contributed by atoms with Gasteiger partial charge in [0, 0.05) is 25.9 Å². The number of benzene rings is 2. The first-order valence-corrected chi connectivity index (χ1v) is 10.7. The van der Waals surface area contributed by atoms with Gasteiger partial charge in [-0.1, -0.05) is 6.07 Å². The molecule has 0 aromatic heterocycles. The Morgan fingerprint density at radius 1 is 1.03 bits per heavy atom. The van der Waals surface area contributed by atoms with Crippen LogP contribution in [-0.4, -0.2) is 49.5 Å². The summed E-state index contributed by atoms with van der Waals surface area (Å²) in [6.45, 7) is 5.20. The van der Waals surface area contributed by atoms with Crippen LogP contribution in [0.1, 0.15) is 46.3 Å². The number of likely N-dealkylation sites (tertiary alicyclic amines) is 1. The molecule has 1 saturated heterocycles. The molecule has 0 saturated carbocycles. The zero-order chi connectivity index (χ0) is 22.2. The van der Waals surface area contributed by atoms with Gasteiger partial charge < -0.3 is 19.1 Å². The Kier molecular flexibility index (Phi) is 5.65. The molecule has 0 aliphatic carbocycles. The van der Waals surface area contributed by atoms with Crippen LogP contribution < -0.4 is 14.2 Å². The number of piperidine rings is 1. The summed E-state index contributed by atoms with van der Waals surface area (Å²) in [7, 11) is 3.17. The van der Waals surface area contributed by atoms with Crippen molar-refractivity contribution in [2.24, 2.45) is 0 Å². The highest BCUT2D eigenvalue weighted by atomic mass is 16.5. The first-order chi connectivity index (χ1) is 14.8. The van der Waals surface area contributed by atoms with Crippen LogP contribution in [0, 0.1) is 13.8 Å². The number of ether oxygens (including phenoxy) is 3. The second kappa shape index (κ2) is 8.25. The fourth-order valence-corrected chi connectivity index (χ4v) is 4.47. The molecule has 1 spiro atoms. The van der Waals surface area contributed by atoms with Gasteiger partial charge in [0.2, 0.25) is 5.91 Å². The van der Waals surface area contributed by atoms with Gasteiger partial charge in [0.25, 0.3) is 0 Å². The van der Waals surface area contributed by atoms with E-state index in [1.165, 1.54) is 0 Å². The number of Topliss-reactive ketones (excluding diaryl/α,β-unsaturated/α-hetero) is 1. The van der Waals surface area contributed by atoms with Gasteiger partial charge in [-0.2, -0.15) is 0 Å². The highest BCUT2D eigenvalue weighted by Gasteiger charge is 2.43. The van der Waals surface area contributed by atoms with Crippen molar-refractivity contribution in [2.45, 2.75) is 45.1 Å². The maximum atomic E-state index is 12.9. The normalized spacial score (nSPS) is 17.2. The third-order valence-electron chi connectivity index (χ3n) is 6.54. The van der Waals surface area contributed by atoms with Crippen molar-refractivity contribution in [1.29, 1.82) is 0 Å². The molecule has 164 valence electrons. The predicted octanol–water partition coefficient (Wildman–Crippen LogP) is 3.89. The predicted molar refractivity (Wildman–Crippen MR) is 117 cm³/mol. The maximum Gasteiger partial charge on any atom is 0.226 e. The molecule has 1 fully saturated rings. The molecule has 0 atom stereocenters. The van der Waals surface area contributed by atoms with Crippen molar-refractivity contribution in [2.75, 3.05) is 27.3 Å². The average molecular weight is 424 g/mol. The number of rotatable bonds is 4. The number of carbonyl (C=O) groups excluding carboxylic acids is 2. The second-order valence-electron chi connectivity index (χ2n) is 8.56. The minimum atomic E-state index is -0.508. The highest BCUT2D eigenvalue weighted by Crippen LogP contribution is 2.40. The molecule has 0 radical (unpaired) electrons. The van der Waals surface area contributed by atoms with Gasteiger partial charge in [-0.3, -0.25) is 9.59 Å². The lowest BCUT2D eigenvalue weighted by atomic mass is 9.82. The number of methoxy groups -OCH3 is 2. The SMILES string of the molecule is COc1ccc(CC(=O)N2CCC3(CC2)CC(=O)c2cc(C)c(C)cc2O3)cc1OC. The fourth-order valence-electron chi connectivity index (χ4n) is 4.47. The Morgan fingerprint density at radius 2 is 1.71 bits per heavy atom. The molecule has 2 heterocycles. The van der Waals surface area contributed by atoms with Crippen LogP contribution in [0.5, 0.6) is 17.2 Å². The van der Waals surface area contributed by atoms with Crippen molar-refractivity contribution in [3.05, 3.63) is 52.6 Å². The summed E-state index contributed by atoms with van der Waals surface area (Å²) >= 11 is 0. The lowest BCUT2D eigenvalue weighted by Gasteiger charge is -2.44. The van der Waals surface area contributed by atoms with Gasteiger partial charge in [-0.25, -0.2) is 0 Å². The molecule has 6 heteroatoms. The lowest BCUT2D eigenvalue weighted by Crippen LogP contribution is -2.52. The Balaban J connectivity index is 1.42. The van der Waals surface area contributed by atoms with Gasteiger partial charge in [0.1, 0.15) is 11.4 Å². The number of aryl methyl sites for hydroxylation is 2. The Morgan fingerprint density at radius 3 is 2.39 bits per heavy atom. The third-order valence-corrected chi connectivity index (χ3v) is 6.54. The van der Waals surface area contributed by atoms with Crippen molar-refractivity contribution >= 4 is 11.7 Å². The number of hydrogen-bond acceptors (Lipinski definition) is 5. The first-order valence-electron chi connectivity index (χ1n) is 10.7. The van der Waals surface area contributed by atoms with Gasteiger partial charge in [-0.05, 0) is 54.8 Å². The summed E-state index contributed by atoms with van der Waals surface area (Å²) in [5.41, 5.74) is 3.27. The molecule has 1 amide bonds. The fraction of sp³-hybridized carbons (Fsp3) is 0.440. The van der Waals surface area contributed by atoms with E-state index in [0.29, 0.717) is 61.6 Å². The Labute approximate surface area is 183 Å². The number of hydrogen-bond donors (Lipinski definition) is 0. The third kappa shape index (κ3) is 4.11. The summed E-state index contributed by atoms with van der Waals surface area (Å²) in [4.78, 5) is 27.6. The molecule has 2 aromatic carbocycles. The molecular weight excluding hydrogens is 394 g/mol. The van der Waals surface area contributed by atoms with E-state index in [4.69, 9.17) is 14.2 Å². The monoisotopic (exact) mass is 423 g/mol. The summed E-state index contributed by atoms with van der Waals surface area (Å²) in [6, 6.07) is 9.44. The Bertz CT molecular complexity index is 1020. The Hall–Kier alpha value is -3.02. The smallest absolute Gasteiger partial charge is 0.226 e. The van der Waals surface area contributed by atoms with Crippen molar-refractivity contribution < 1.29 is 23.8 Å². The van der Waals surface area contributed by atoms with Gasteiger partial charge >= 0.3 is 0 Å². The van der Waals surface area contributed by atoms with Gasteiger partial charge in [-0.15, -0.1) is 0 Å². The largest absolute Gasteiger partial charge is 0.493 e. The molecule has 2 aromatic rings. The molecule has 31 heavy (non-hydrogen) atoms. The number of nitrogens with zero attached hydrogens (tertiary/aromatic N) is 1. The summed E-state index contributed by atoms with van der Waals surface area (Å²) < 4.78 is 17.0. The molecule has 0 N–H and O–H groups in total. The van der Waals surface area contributed by atoms with E-state index in [9.17, 15) is 9.59 Å². The van der Waals surface area contributed by atoms with E-state index >= 15 is 0 Å². The molecule has 0 bridgehead atoms. The number of carbonyl (C=O) groups is 2. The van der Waals surface area contributed by atoms with Crippen molar-refractivity contribution in [3.8, 4) is 17.2 Å². The molecule has 4 rings (SSSR count). The van der Waals surface area contributed by atoms with E-state index in [2.05, 4.69) is 0 Å². The van der Waals surface area contributed by atoms with Gasteiger partial charge in [0.15, 0.2) is 17.3 Å². The van der Waals surface area contributed by atoms with Gasteiger partial charge in [0.05, 0.1) is 32.6 Å². The first kappa shape index (κ1) is 21.2. The summed E-state index contributed by atoms with van der Waals surface area (Å²) in [5.74, 6) is 2.14. The van der Waals surface area contributed by atoms with Crippen molar-refractivity contribution in [1.82, 2.24) is 4.90 Å². The minimum absolute atomic E-state index is 0.0658. The van der Waals surface area contributed by atoms with E-state index in [0.717, 1.165) is 16.7 Å². The van der Waals surface area contributed by atoms with Crippen molar-refractivity contribution in [3.63, 3.8) is 0 Å².